The largest absolute Gasteiger partial charge is 0.349 e. The Morgan fingerprint density at radius 3 is 2.43 bits per heavy atom. The lowest BCUT2D eigenvalue weighted by Gasteiger charge is -2.33. The van der Waals surface area contributed by atoms with E-state index in [4.69, 9.17) is 0 Å². The summed E-state index contributed by atoms with van der Waals surface area (Å²) in [5.74, 6) is -0.697. The second kappa shape index (κ2) is 9.13. The van der Waals surface area contributed by atoms with Crippen LogP contribution in [0.2, 0.25) is 0 Å². The van der Waals surface area contributed by atoms with Crippen LogP contribution < -0.4 is 10.2 Å². The van der Waals surface area contributed by atoms with E-state index in [0.717, 1.165) is 23.5 Å². The van der Waals surface area contributed by atoms with E-state index in [2.05, 4.69) is 26.8 Å². The number of amides is 2. The Morgan fingerprint density at radius 2 is 1.90 bits per heavy atom. The van der Waals surface area contributed by atoms with E-state index in [0.29, 0.717) is 11.3 Å². The fraction of sp³-hybridized carbons (Fsp3) is 0.318. The quantitative estimate of drug-likeness (QED) is 0.652. The first-order valence-electron chi connectivity index (χ1n) is 9.71. The number of nitrogens with zero attached hydrogens (tertiary/aromatic N) is 4. The highest BCUT2D eigenvalue weighted by atomic mass is 32.1. The molecular formula is C22H25N5O2S. The van der Waals surface area contributed by atoms with Crippen molar-refractivity contribution in [2.75, 3.05) is 4.90 Å². The topological polar surface area (TPSA) is 88.1 Å². The van der Waals surface area contributed by atoms with E-state index in [-0.39, 0.29) is 11.6 Å². The van der Waals surface area contributed by atoms with Gasteiger partial charge in [0.05, 0.1) is 0 Å². The zero-order chi connectivity index (χ0) is 21.7. The molecule has 30 heavy (non-hydrogen) atoms. The summed E-state index contributed by atoms with van der Waals surface area (Å²) in [6.45, 7) is 7.77. The predicted octanol–water partition coefficient (Wildman–Crippen LogP) is 3.80. The van der Waals surface area contributed by atoms with Crippen LogP contribution >= 0.6 is 11.5 Å². The number of benzene rings is 1. The third-order valence-electron chi connectivity index (χ3n) is 4.43. The number of rotatable bonds is 6. The Balaban J connectivity index is 2.14. The molecule has 1 aromatic carbocycles. The molecule has 0 bridgehead atoms. The van der Waals surface area contributed by atoms with Crippen LogP contribution in [-0.4, -0.2) is 31.9 Å². The molecule has 0 aliphatic carbocycles. The number of hydrogen-bond donors (Lipinski definition) is 1. The van der Waals surface area contributed by atoms with Crippen LogP contribution in [0.25, 0.3) is 0 Å². The minimum Gasteiger partial charge on any atom is -0.349 e. The Bertz CT molecular complexity index is 983. The molecule has 3 rings (SSSR count). The van der Waals surface area contributed by atoms with E-state index < -0.39 is 17.5 Å². The van der Waals surface area contributed by atoms with Crippen molar-refractivity contribution in [3.63, 3.8) is 0 Å². The van der Waals surface area contributed by atoms with Crippen molar-refractivity contribution in [1.82, 2.24) is 19.9 Å². The minimum atomic E-state index is -0.917. The molecule has 3 aromatic rings. The molecule has 2 amide bonds. The second-order valence-electron chi connectivity index (χ2n) is 7.91. The Hall–Kier alpha value is -3.13. The maximum Gasteiger partial charge on any atom is 0.280 e. The standard InChI is InChI=1S/C22H25N5O2S/c1-5-15-8-10-17(11-9-15)27(21(29)18-14-30-26-25-18)19(16-7-6-12-23-13-16)20(28)24-22(2,3)4/h6-14,19H,5H2,1-4H3,(H,24,28)/t19-/m1/s1. The molecule has 0 aliphatic rings. The lowest BCUT2D eigenvalue weighted by atomic mass is 10.0. The van der Waals surface area contributed by atoms with Crippen molar-refractivity contribution in [3.8, 4) is 0 Å². The van der Waals surface area contributed by atoms with Crippen LogP contribution in [0.5, 0.6) is 0 Å². The molecule has 156 valence electrons. The first-order valence-corrected chi connectivity index (χ1v) is 10.6. The molecule has 1 N–H and O–H groups in total. The summed E-state index contributed by atoms with van der Waals surface area (Å²) < 4.78 is 3.81. The molecule has 0 saturated carbocycles. The van der Waals surface area contributed by atoms with Gasteiger partial charge in [-0.25, -0.2) is 0 Å². The van der Waals surface area contributed by atoms with Gasteiger partial charge in [0, 0.05) is 34.6 Å². The second-order valence-corrected chi connectivity index (χ2v) is 8.52. The Kier molecular flexibility index (Phi) is 6.56. The van der Waals surface area contributed by atoms with E-state index in [1.54, 1.807) is 29.9 Å². The number of aromatic nitrogens is 3. The number of aryl methyl sites for hydroxylation is 1. The molecular weight excluding hydrogens is 398 g/mol. The summed E-state index contributed by atoms with van der Waals surface area (Å²) in [6, 6.07) is 10.2. The zero-order valence-corrected chi connectivity index (χ0v) is 18.3. The summed E-state index contributed by atoms with van der Waals surface area (Å²) >= 11 is 1.09. The summed E-state index contributed by atoms with van der Waals surface area (Å²) in [4.78, 5) is 32.5. The van der Waals surface area contributed by atoms with Gasteiger partial charge in [-0.05, 0) is 62.5 Å². The van der Waals surface area contributed by atoms with Gasteiger partial charge in [0.2, 0.25) is 5.91 Å². The number of anilines is 1. The zero-order valence-electron chi connectivity index (χ0n) is 17.5. The minimum absolute atomic E-state index is 0.192. The van der Waals surface area contributed by atoms with Crippen LogP contribution in [-0.2, 0) is 11.2 Å². The van der Waals surface area contributed by atoms with Crippen molar-refractivity contribution in [2.24, 2.45) is 0 Å². The summed E-state index contributed by atoms with van der Waals surface area (Å²) in [5, 5.41) is 8.51. The normalized spacial score (nSPS) is 12.3. The molecule has 1 atom stereocenters. The van der Waals surface area contributed by atoms with Gasteiger partial charge in [-0.15, -0.1) is 5.10 Å². The van der Waals surface area contributed by atoms with Gasteiger partial charge in [0.25, 0.3) is 5.91 Å². The molecule has 0 spiro atoms. The highest BCUT2D eigenvalue weighted by molar-refractivity contribution is 7.03. The summed E-state index contributed by atoms with van der Waals surface area (Å²) in [6.07, 6.45) is 4.11. The number of carbonyl (C=O) groups is 2. The van der Waals surface area contributed by atoms with Gasteiger partial charge < -0.3 is 5.32 Å². The highest BCUT2D eigenvalue weighted by Gasteiger charge is 2.35. The number of hydrogen-bond acceptors (Lipinski definition) is 6. The first-order chi connectivity index (χ1) is 14.3. The van der Waals surface area contributed by atoms with Gasteiger partial charge in [0.15, 0.2) is 5.69 Å². The average Bonchev–Trinajstić information content (AvgIpc) is 3.26. The van der Waals surface area contributed by atoms with Crippen LogP contribution in [0, 0.1) is 0 Å². The predicted molar refractivity (Wildman–Crippen MR) is 117 cm³/mol. The maximum atomic E-state index is 13.5. The molecule has 8 heteroatoms. The van der Waals surface area contributed by atoms with Gasteiger partial charge in [-0.3, -0.25) is 19.5 Å². The van der Waals surface area contributed by atoms with E-state index >= 15 is 0 Å². The monoisotopic (exact) mass is 423 g/mol. The SMILES string of the molecule is CCc1ccc(N(C(=O)c2csnn2)[C@@H](C(=O)NC(C)(C)C)c2cccnc2)cc1. The average molecular weight is 424 g/mol. The molecule has 0 unspecified atom stereocenters. The highest BCUT2D eigenvalue weighted by Crippen LogP contribution is 2.30. The molecule has 7 nitrogen and oxygen atoms in total. The van der Waals surface area contributed by atoms with Crippen LogP contribution in [0.4, 0.5) is 5.69 Å². The van der Waals surface area contributed by atoms with Crippen molar-refractivity contribution < 1.29 is 9.59 Å². The fourth-order valence-electron chi connectivity index (χ4n) is 3.05. The smallest absolute Gasteiger partial charge is 0.280 e. The fourth-order valence-corrected chi connectivity index (χ4v) is 3.48. The molecule has 2 aromatic heterocycles. The number of carbonyl (C=O) groups excluding carboxylic acids is 2. The Labute approximate surface area is 180 Å². The van der Waals surface area contributed by atoms with Crippen LogP contribution in [0.15, 0.2) is 54.2 Å². The lowest BCUT2D eigenvalue weighted by molar-refractivity contribution is -0.123. The molecule has 0 aliphatic heterocycles. The van der Waals surface area contributed by atoms with Crippen LogP contribution in [0.1, 0.15) is 55.4 Å². The lowest BCUT2D eigenvalue weighted by Crippen LogP contribution is -2.49. The van der Waals surface area contributed by atoms with Gasteiger partial charge >= 0.3 is 0 Å². The third-order valence-corrected chi connectivity index (χ3v) is 4.93. The van der Waals surface area contributed by atoms with Crippen molar-refractivity contribution in [1.29, 1.82) is 0 Å². The van der Waals surface area contributed by atoms with E-state index in [1.807, 2.05) is 45.0 Å². The maximum absolute atomic E-state index is 13.5. The first kappa shape index (κ1) is 21.6. The van der Waals surface area contributed by atoms with Gasteiger partial charge in [-0.2, -0.15) is 0 Å². The molecule has 0 radical (unpaired) electrons. The van der Waals surface area contributed by atoms with Gasteiger partial charge in [-0.1, -0.05) is 29.6 Å². The number of pyridine rings is 1. The molecule has 0 fully saturated rings. The summed E-state index contributed by atoms with van der Waals surface area (Å²) in [5.41, 5.74) is 2.06. The van der Waals surface area contributed by atoms with Gasteiger partial charge in [0.1, 0.15) is 6.04 Å². The number of nitrogens with one attached hydrogen (secondary N) is 1. The summed E-state index contributed by atoms with van der Waals surface area (Å²) in [7, 11) is 0. The molecule has 0 saturated heterocycles. The van der Waals surface area contributed by atoms with Crippen molar-refractivity contribution >= 4 is 29.0 Å². The van der Waals surface area contributed by atoms with Crippen molar-refractivity contribution in [2.45, 2.75) is 45.7 Å². The van der Waals surface area contributed by atoms with E-state index in [1.165, 1.54) is 4.90 Å². The third kappa shape index (κ3) is 5.07. The van der Waals surface area contributed by atoms with E-state index in [9.17, 15) is 9.59 Å². The van der Waals surface area contributed by atoms with Crippen molar-refractivity contribution in [3.05, 3.63) is 71.0 Å². The Morgan fingerprint density at radius 1 is 1.17 bits per heavy atom. The molecule has 2 heterocycles. The van der Waals surface area contributed by atoms with Crippen LogP contribution in [0.3, 0.4) is 0 Å².